The van der Waals surface area contributed by atoms with Gasteiger partial charge in [-0.1, -0.05) is 6.58 Å². The fourth-order valence-electron chi connectivity index (χ4n) is 0. The highest BCUT2D eigenvalue weighted by Gasteiger charge is 2.04. The van der Waals surface area contributed by atoms with Crippen LogP contribution in [-0.2, 0) is 0 Å². The Labute approximate surface area is 39.5 Å². The van der Waals surface area contributed by atoms with Gasteiger partial charge in [0.2, 0.25) is 0 Å². The first-order valence-corrected chi connectivity index (χ1v) is 2.64. The first kappa shape index (κ1) is 5.88. The first-order valence-electron chi connectivity index (χ1n) is 1.64. The van der Waals surface area contributed by atoms with E-state index >= 15 is 0 Å². The maximum Gasteiger partial charge on any atom is 0.153 e. The van der Waals surface area contributed by atoms with E-state index in [0.29, 0.717) is 10.2 Å². The van der Waals surface area contributed by atoms with E-state index in [0.717, 1.165) is 6.08 Å². The number of hydrogen-bond donors (Lipinski definition) is 2. The summed E-state index contributed by atoms with van der Waals surface area (Å²) in [5.41, 5.74) is -1.56. The van der Waals surface area contributed by atoms with Gasteiger partial charge >= 0.3 is 0 Å². The molecule has 6 heavy (non-hydrogen) atoms. The predicted octanol–water partition coefficient (Wildman–Crippen LogP) is -1.82. The molecule has 0 saturated carbocycles. The number of hydrogen-bond acceptors (Lipinski definition) is 2. The molecule has 0 amide bonds. The van der Waals surface area contributed by atoms with E-state index in [4.69, 9.17) is 10.2 Å². The van der Waals surface area contributed by atoms with Gasteiger partial charge in [0.25, 0.3) is 0 Å². The van der Waals surface area contributed by atoms with Gasteiger partial charge in [0.15, 0.2) is 5.41 Å². The van der Waals surface area contributed by atoms with Crippen molar-refractivity contribution in [2.75, 3.05) is 0 Å². The molecule has 0 aliphatic carbocycles. The maximum absolute atomic E-state index is 8.33. The summed E-state index contributed by atoms with van der Waals surface area (Å²) in [6.45, 7) is 3.17. The Morgan fingerprint density at radius 1 is 1.67 bits per heavy atom. The van der Waals surface area contributed by atoms with Crippen LogP contribution in [0.1, 0.15) is 0 Å². The Balaban J connectivity index is 3.45. The maximum atomic E-state index is 8.33. The second-order valence-electron chi connectivity index (χ2n) is 1.30. The Morgan fingerprint density at radius 3 is 1.83 bits per heavy atom. The van der Waals surface area contributed by atoms with Crippen molar-refractivity contribution in [3.63, 3.8) is 0 Å². The third-order valence-corrected chi connectivity index (χ3v) is 0.795. The molecule has 0 unspecified atom stereocenters. The van der Waals surface area contributed by atoms with Crippen LogP contribution in [0.15, 0.2) is 12.7 Å². The fraction of sp³-hybridized carbons (Fsp3) is 0.333. The molecule has 0 radical (unpaired) electrons. The van der Waals surface area contributed by atoms with Crippen molar-refractivity contribution >= 4 is 10.2 Å². The Hall–Kier alpha value is -0.123. The van der Waals surface area contributed by atoms with Crippen molar-refractivity contribution in [3.05, 3.63) is 12.7 Å². The van der Waals surface area contributed by atoms with Gasteiger partial charge < -0.3 is 10.2 Å². The van der Waals surface area contributed by atoms with E-state index in [9.17, 15) is 0 Å². The van der Waals surface area contributed by atoms with Crippen LogP contribution >= 0.6 is 0 Å². The van der Waals surface area contributed by atoms with Crippen molar-refractivity contribution in [2.45, 2.75) is 5.41 Å². The van der Waals surface area contributed by atoms with E-state index in [1.54, 1.807) is 0 Å². The van der Waals surface area contributed by atoms with Crippen molar-refractivity contribution < 1.29 is 10.2 Å². The van der Waals surface area contributed by atoms with Crippen LogP contribution in [0.3, 0.4) is 0 Å². The van der Waals surface area contributed by atoms with E-state index < -0.39 is 5.41 Å². The van der Waals surface area contributed by atoms with E-state index in [2.05, 4.69) is 6.58 Å². The van der Waals surface area contributed by atoms with E-state index in [1.807, 2.05) is 0 Å². The summed E-state index contributed by atoms with van der Waals surface area (Å²) in [5, 5.41) is 16.7. The Morgan fingerprint density at radius 2 is 1.83 bits per heavy atom. The SMILES string of the molecule is C=CC(O)(O)[SiH3]. The fourth-order valence-corrected chi connectivity index (χ4v) is 0. The lowest BCUT2D eigenvalue weighted by atomic mass is 10.6. The predicted molar refractivity (Wildman–Crippen MR) is 27.3 cm³/mol. The first-order chi connectivity index (χ1) is 2.56. The molecule has 2 nitrogen and oxygen atoms in total. The average Bonchev–Trinajstić information content (AvgIpc) is 1.35. The van der Waals surface area contributed by atoms with Crippen LogP contribution in [0.5, 0.6) is 0 Å². The summed E-state index contributed by atoms with van der Waals surface area (Å²) in [6, 6.07) is 0. The molecule has 36 valence electrons. The molecule has 0 aliphatic rings. The molecule has 0 atom stereocenters. The molecule has 0 aromatic carbocycles. The lowest BCUT2D eigenvalue weighted by Crippen LogP contribution is -2.23. The minimum atomic E-state index is -1.56. The quantitative estimate of drug-likeness (QED) is 0.233. The minimum absolute atomic E-state index is 0.322. The monoisotopic (exact) mass is 104 g/mol. The second-order valence-corrected chi connectivity index (χ2v) is 2.77. The lowest BCUT2D eigenvalue weighted by molar-refractivity contribution is -0.0414. The molecule has 0 rings (SSSR count). The summed E-state index contributed by atoms with van der Waals surface area (Å²) in [7, 11) is 0.322. The molecular weight excluding hydrogens is 96.1 g/mol. The summed E-state index contributed by atoms with van der Waals surface area (Å²) in [6.07, 6.45) is 1.11. The van der Waals surface area contributed by atoms with Crippen molar-refractivity contribution in [1.29, 1.82) is 0 Å². The molecule has 0 saturated heterocycles. The molecule has 0 spiro atoms. The molecule has 2 N–H and O–H groups in total. The van der Waals surface area contributed by atoms with Crippen LogP contribution in [0.2, 0.25) is 0 Å². The van der Waals surface area contributed by atoms with Gasteiger partial charge in [-0.15, -0.1) is 0 Å². The molecule has 0 aromatic rings. The topological polar surface area (TPSA) is 40.5 Å². The zero-order valence-corrected chi connectivity index (χ0v) is 5.68. The number of rotatable bonds is 1. The second kappa shape index (κ2) is 1.55. The molecule has 0 fully saturated rings. The van der Waals surface area contributed by atoms with E-state index in [-0.39, 0.29) is 0 Å². The van der Waals surface area contributed by atoms with Gasteiger partial charge in [-0.2, -0.15) is 0 Å². The molecule has 0 heterocycles. The summed E-state index contributed by atoms with van der Waals surface area (Å²) in [5.74, 6) is 0. The zero-order valence-electron chi connectivity index (χ0n) is 3.68. The summed E-state index contributed by atoms with van der Waals surface area (Å²) >= 11 is 0. The Kier molecular flexibility index (Phi) is 1.52. The largest absolute Gasteiger partial charge is 0.367 e. The van der Waals surface area contributed by atoms with E-state index in [1.165, 1.54) is 0 Å². The molecule has 0 bridgehead atoms. The molecule has 0 aliphatic heterocycles. The van der Waals surface area contributed by atoms with Crippen LogP contribution in [0.4, 0.5) is 0 Å². The van der Waals surface area contributed by atoms with Gasteiger partial charge in [0.1, 0.15) is 0 Å². The van der Waals surface area contributed by atoms with Crippen LogP contribution in [-0.4, -0.2) is 25.9 Å². The van der Waals surface area contributed by atoms with Crippen LogP contribution in [0, 0.1) is 0 Å². The minimum Gasteiger partial charge on any atom is -0.367 e. The van der Waals surface area contributed by atoms with Gasteiger partial charge in [-0.25, -0.2) is 0 Å². The van der Waals surface area contributed by atoms with Gasteiger partial charge in [0.05, 0.1) is 10.2 Å². The van der Waals surface area contributed by atoms with Crippen molar-refractivity contribution in [1.82, 2.24) is 0 Å². The highest BCUT2D eigenvalue weighted by atomic mass is 28.1. The number of aliphatic hydroxyl groups is 2. The lowest BCUT2D eigenvalue weighted by Gasteiger charge is -2.06. The van der Waals surface area contributed by atoms with Crippen molar-refractivity contribution in [3.8, 4) is 0 Å². The van der Waals surface area contributed by atoms with Crippen LogP contribution in [0.25, 0.3) is 0 Å². The standard InChI is InChI=1S/C3H8O2Si/c1-2-3(4,5)6/h2,4-5H,1H2,6H3. The smallest absolute Gasteiger partial charge is 0.153 e. The zero-order chi connectivity index (χ0) is 5.21. The van der Waals surface area contributed by atoms with Crippen molar-refractivity contribution in [2.24, 2.45) is 0 Å². The summed E-state index contributed by atoms with van der Waals surface area (Å²) in [4.78, 5) is 0. The average molecular weight is 104 g/mol. The third kappa shape index (κ3) is 3.88. The molecular formula is C3H8O2Si. The normalized spacial score (nSPS) is 11.7. The van der Waals surface area contributed by atoms with Gasteiger partial charge in [0, 0.05) is 0 Å². The third-order valence-electron chi connectivity index (χ3n) is 0.387. The van der Waals surface area contributed by atoms with Crippen LogP contribution < -0.4 is 0 Å². The Bertz CT molecular complexity index is 54.3. The highest BCUT2D eigenvalue weighted by Crippen LogP contribution is 1.87. The molecule has 3 heteroatoms. The molecule has 0 aromatic heterocycles. The van der Waals surface area contributed by atoms with Gasteiger partial charge in [-0.05, 0) is 6.08 Å². The van der Waals surface area contributed by atoms with Gasteiger partial charge in [-0.3, -0.25) is 0 Å². The highest BCUT2D eigenvalue weighted by molar-refractivity contribution is 6.14. The summed E-state index contributed by atoms with van der Waals surface area (Å²) < 4.78 is 0.